The van der Waals surface area contributed by atoms with Crippen LogP contribution in [0.5, 0.6) is 11.5 Å². The van der Waals surface area contributed by atoms with Crippen molar-refractivity contribution in [3.63, 3.8) is 0 Å². The van der Waals surface area contributed by atoms with Crippen LogP contribution in [0.3, 0.4) is 0 Å². The predicted molar refractivity (Wildman–Crippen MR) is 102 cm³/mol. The summed E-state index contributed by atoms with van der Waals surface area (Å²) in [4.78, 5) is 18.8. The van der Waals surface area contributed by atoms with E-state index in [1.54, 1.807) is 66.7 Å². The van der Waals surface area contributed by atoms with Gasteiger partial charge >= 0.3 is 0 Å². The first-order valence-corrected chi connectivity index (χ1v) is 8.54. The summed E-state index contributed by atoms with van der Waals surface area (Å²) in [7, 11) is 1.76. The van der Waals surface area contributed by atoms with E-state index in [0.717, 1.165) is 5.69 Å². The summed E-state index contributed by atoms with van der Waals surface area (Å²) < 4.78 is 5.80. The second kappa shape index (κ2) is 8.15. The molecular weight excluding hydrogens is 338 g/mol. The molecule has 0 radical (unpaired) electrons. The molecule has 134 valence electrons. The van der Waals surface area contributed by atoms with E-state index in [-0.39, 0.29) is 11.9 Å². The number of pyridine rings is 1. The average Bonchev–Trinajstić information content (AvgIpc) is 2.73. The highest BCUT2D eigenvalue weighted by molar-refractivity contribution is 5.94. The van der Waals surface area contributed by atoms with Gasteiger partial charge < -0.3 is 9.64 Å². The lowest BCUT2D eigenvalue weighted by Gasteiger charge is -2.24. The molecule has 0 aliphatic rings. The lowest BCUT2D eigenvalue weighted by molar-refractivity contribution is 0.0739. The van der Waals surface area contributed by atoms with Gasteiger partial charge in [-0.2, -0.15) is 5.26 Å². The van der Waals surface area contributed by atoms with E-state index in [1.165, 1.54) is 0 Å². The van der Waals surface area contributed by atoms with Gasteiger partial charge in [0.1, 0.15) is 11.5 Å². The van der Waals surface area contributed by atoms with E-state index in [2.05, 4.69) is 11.1 Å². The molecular formula is C22H19N3O2. The Morgan fingerprint density at radius 3 is 2.52 bits per heavy atom. The fourth-order valence-corrected chi connectivity index (χ4v) is 2.63. The summed E-state index contributed by atoms with van der Waals surface area (Å²) in [5.74, 6) is 1.05. The van der Waals surface area contributed by atoms with Gasteiger partial charge in [0.25, 0.3) is 5.91 Å². The summed E-state index contributed by atoms with van der Waals surface area (Å²) >= 11 is 0. The van der Waals surface area contributed by atoms with Crippen LogP contribution >= 0.6 is 0 Å². The normalized spacial score (nSPS) is 11.3. The van der Waals surface area contributed by atoms with Gasteiger partial charge in [-0.3, -0.25) is 9.78 Å². The number of nitrogens with zero attached hydrogens (tertiary/aromatic N) is 3. The zero-order valence-electron chi connectivity index (χ0n) is 15.2. The van der Waals surface area contributed by atoms with Crippen molar-refractivity contribution in [2.45, 2.75) is 13.0 Å². The first-order chi connectivity index (χ1) is 13.1. The minimum atomic E-state index is -0.151. The number of hydrogen-bond donors (Lipinski definition) is 0. The van der Waals surface area contributed by atoms with Gasteiger partial charge in [0.05, 0.1) is 23.4 Å². The smallest absolute Gasteiger partial charge is 0.254 e. The second-order valence-corrected chi connectivity index (χ2v) is 6.11. The summed E-state index contributed by atoms with van der Waals surface area (Å²) in [5, 5.41) is 8.86. The highest BCUT2D eigenvalue weighted by Gasteiger charge is 2.20. The Kier molecular flexibility index (Phi) is 5.48. The maximum atomic E-state index is 12.9. The molecule has 1 heterocycles. The van der Waals surface area contributed by atoms with Crippen molar-refractivity contribution in [2.24, 2.45) is 0 Å². The number of carbonyl (C=O) groups excluding carboxylic acids is 1. The van der Waals surface area contributed by atoms with E-state index in [1.807, 2.05) is 25.1 Å². The van der Waals surface area contributed by atoms with Crippen molar-refractivity contribution >= 4 is 5.91 Å². The predicted octanol–water partition coefficient (Wildman–Crippen LogP) is 4.58. The molecule has 0 bridgehead atoms. The standard InChI is InChI=1S/C22H19N3O2/c1-16(21-8-3-4-13-24-21)25(2)22(26)18-6-5-7-20(14-18)27-19-11-9-17(15-23)10-12-19/h3-14,16H,1-2H3. The Morgan fingerprint density at radius 2 is 1.85 bits per heavy atom. The molecule has 3 rings (SSSR count). The third-order valence-electron chi connectivity index (χ3n) is 4.32. The quantitative estimate of drug-likeness (QED) is 0.670. The van der Waals surface area contributed by atoms with Gasteiger partial charge in [-0.05, 0) is 61.5 Å². The number of amides is 1. The maximum absolute atomic E-state index is 12.9. The Morgan fingerprint density at radius 1 is 1.07 bits per heavy atom. The molecule has 1 aromatic heterocycles. The SMILES string of the molecule is CC(c1ccccn1)N(C)C(=O)c1cccc(Oc2ccc(C#N)cc2)c1. The zero-order valence-corrected chi connectivity index (χ0v) is 15.2. The lowest BCUT2D eigenvalue weighted by Crippen LogP contribution is -2.30. The van der Waals surface area contributed by atoms with Crippen LogP contribution in [0.1, 0.15) is 34.6 Å². The number of hydrogen-bond acceptors (Lipinski definition) is 4. The number of rotatable bonds is 5. The third-order valence-corrected chi connectivity index (χ3v) is 4.32. The topological polar surface area (TPSA) is 66.2 Å². The minimum absolute atomic E-state index is 0.113. The highest BCUT2D eigenvalue weighted by Crippen LogP contribution is 2.24. The van der Waals surface area contributed by atoms with E-state index < -0.39 is 0 Å². The Bertz CT molecular complexity index is 963. The monoisotopic (exact) mass is 357 g/mol. The van der Waals surface area contributed by atoms with E-state index in [4.69, 9.17) is 10.00 Å². The van der Waals surface area contributed by atoms with Gasteiger partial charge in [-0.1, -0.05) is 12.1 Å². The molecule has 27 heavy (non-hydrogen) atoms. The summed E-state index contributed by atoms with van der Waals surface area (Å²) in [6, 6.07) is 21.4. The van der Waals surface area contributed by atoms with Crippen molar-refractivity contribution in [3.05, 3.63) is 89.7 Å². The molecule has 0 spiro atoms. The van der Waals surface area contributed by atoms with E-state index in [0.29, 0.717) is 22.6 Å². The van der Waals surface area contributed by atoms with Crippen LogP contribution in [-0.4, -0.2) is 22.8 Å². The maximum Gasteiger partial charge on any atom is 0.254 e. The Balaban J connectivity index is 1.75. The molecule has 1 amide bonds. The number of carbonyl (C=O) groups is 1. The van der Waals surface area contributed by atoms with E-state index in [9.17, 15) is 4.79 Å². The molecule has 5 heteroatoms. The Labute approximate surface area is 158 Å². The van der Waals surface area contributed by atoms with Crippen molar-refractivity contribution in [1.29, 1.82) is 5.26 Å². The molecule has 3 aromatic rings. The number of nitriles is 1. The fourth-order valence-electron chi connectivity index (χ4n) is 2.63. The van der Waals surface area contributed by atoms with Crippen molar-refractivity contribution < 1.29 is 9.53 Å². The van der Waals surface area contributed by atoms with Gasteiger partial charge in [0, 0.05) is 18.8 Å². The molecule has 1 unspecified atom stereocenters. The fraction of sp³-hybridized carbons (Fsp3) is 0.136. The van der Waals surface area contributed by atoms with Crippen LogP contribution in [0.25, 0.3) is 0 Å². The van der Waals surface area contributed by atoms with Crippen molar-refractivity contribution in [2.75, 3.05) is 7.05 Å². The van der Waals surface area contributed by atoms with Crippen LogP contribution < -0.4 is 4.74 Å². The number of ether oxygens (including phenoxy) is 1. The summed E-state index contributed by atoms with van der Waals surface area (Å²) in [5.41, 5.74) is 1.93. The van der Waals surface area contributed by atoms with Gasteiger partial charge in [-0.25, -0.2) is 0 Å². The van der Waals surface area contributed by atoms with Crippen molar-refractivity contribution in [3.8, 4) is 17.6 Å². The molecule has 2 aromatic carbocycles. The third kappa shape index (κ3) is 4.31. The summed E-state index contributed by atoms with van der Waals surface area (Å²) in [6.07, 6.45) is 1.72. The van der Waals surface area contributed by atoms with Crippen LogP contribution in [0.15, 0.2) is 72.9 Å². The van der Waals surface area contributed by atoms with Crippen LogP contribution in [0.4, 0.5) is 0 Å². The summed E-state index contributed by atoms with van der Waals surface area (Å²) in [6.45, 7) is 1.94. The highest BCUT2D eigenvalue weighted by atomic mass is 16.5. The average molecular weight is 357 g/mol. The lowest BCUT2D eigenvalue weighted by atomic mass is 10.1. The van der Waals surface area contributed by atoms with Gasteiger partial charge in [0.2, 0.25) is 0 Å². The van der Waals surface area contributed by atoms with Gasteiger partial charge in [-0.15, -0.1) is 0 Å². The van der Waals surface area contributed by atoms with Crippen molar-refractivity contribution in [1.82, 2.24) is 9.88 Å². The van der Waals surface area contributed by atoms with Crippen LogP contribution in [0.2, 0.25) is 0 Å². The molecule has 5 nitrogen and oxygen atoms in total. The molecule has 0 saturated heterocycles. The molecule has 0 saturated carbocycles. The van der Waals surface area contributed by atoms with Gasteiger partial charge in [0.15, 0.2) is 0 Å². The first-order valence-electron chi connectivity index (χ1n) is 8.54. The molecule has 0 fully saturated rings. The van der Waals surface area contributed by atoms with Crippen LogP contribution in [0, 0.1) is 11.3 Å². The molecule has 0 N–H and O–H groups in total. The largest absolute Gasteiger partial charge is 0.457 e. The van der Waals surface area contributed by atoms with E-state index >= 15 is 0 Å². The molecule has 0 aliphatic heterocycles. The number of aromatic nitrogens is 1. The van der Waals surface area contributed by atoms with Crippen LogP contribution in [-0.2, 0) is 0 Å². The first kappa shape index (κ1) is 18.2. The minimum Gasteiger partial charge on any atom is -0.457 e. The molecule has 0 aliphatic carbocycles. The Hall–Kier alpha value is -3.65. The zero-order chi connectivity index (χ0) is 19.2. The number of benzene rings is 2. The second-order valence-electron chi connectivity index (χ2n) is 6.11. The molecule has 1 atom stereocenters.